The highest BCUT2D eigenvalue weighted by Crippen LogP contribution is 2.34. The number of hydrogen-bond acceptors (Lipinski definition) is 5. The molecule has 0 atom stereocenters. The zero-order valence-corrected chi connectivity index (χ0v) is 19.4. The monoisotopic (exact) mass is 582 g/mol. The van der Waals surface area contributed by atoms with Gasteiger partial charge in [0, 0.05) is 37.6 Å². The van der Waals surface area contributed by atoms with Gasteiger partial charge in [-0.3, -0.25) is 9.78 Å². The van der Waals surface area contributed by atoms with Crippen LogP contribution in [0, 0.1) is 14.9 Å². The third-order valence-electron chi connectivity index (χ3n) is 3.92. The number of aromatic nitrogens is 1. The number of nitrogens with zero attached hydrogens (tertiary/aromatic N) is 2. The van der Waals surface area contributed by atoms with Crippen molar-refractivity contribution in [3.63, 3.8) is 0 Å². The van der Waals surface area contributed by atoms with Crippen LogP contribution in [0.4, 0.5) is 0 Å². The average molecular weight is 584 g/mol. The number of ether oxygens (including phenoxy) is 2. The summed E-state index contributed by atoms with van der Waals surface area (Å²) in [5.41, 5.74) is 2.42. The second-order valence-electron chi connectivity index (χ2n) is 5.92. The first-order valence-electron chi connectivity index (χ1n) is 8.33. The minimum Gasteiger partial charge on any atom is -0.488 e. The molecule has 3 aromatic rings. The van der Waals surface area contributed by atoms with Gasteiger partial charge in [0.1, 0.15) is 30.8 Å². The summed E-state index contributed by atoms with van der Waals surface area (Å²) in [7, 11) is 0. The molecule has 0 fully saturated rings. The van der Waals surface area contributed by atoms with Crippen LogP contribution in [0.2, 0.25) is 5.02 Å². The van der Waals surface area contributed by atoms with Crippen LogP contribution in [-0.2, 0) is 13.2 Å². The standard InChI is InChI=1S/C21H13BrClIN2O3/c22-21-15(2-1-3-18(21)24)12-29-20-6-19(16(10-27)5-17(20)23)28-11-14-4-13(7-25)8-26-9-14/h1-6,8-10H,11-12H2. The molecule has 0 amide bonds. The van der Waals surface area contributed by atoms with Gasteiger partial charge in [-0.15, -0.1) is 0 Å². The summed E-state index contributed by atoms with van der Waals surface area (Å²) in [6.07, 6.45) is 3.74. The molecule has 29 heavy (non-hydrogen) atoms. The molecule has 146 valence electrons. The maximum atomic E-state index is 11.4. The van der Waals surface area contributed by atoms with E-state index in [2.05, 4.69) is 43.5 Å². The molecule has 0 saturated heterocycles. The normalized spacial score (nSPS) is 10.3. The van der Waals surface area contributed by atoms with Crippen molar-refractivity contribution in [3.8, 4) is 17.6 Å². The highest BCUT2D eigenvalue weighted by atomic mass is 127. The van der Waals surface area contributed by atoms with Crippen molar-refractivity contribution in [2.24, 2.45) is 0 Å². The minimum atomic E-state index is 0.146. The number of rotatable bonds is 7. The predicted octanol–water partition coefficient (Wildman–Crippen LogP) is 5.94. The van der Waals surface area contributed by atoms with E-state index < -0.39 is 0 Å². The largest absolute Gasteiger partial charge is 0.488 e. The Balaban J connectivity index is 1.79. The van der Waals surface area contributed by atoms with E-state index in [1.807, 2.05) is 24.3 Å². The van der Waals surface area contributed by atoms with Gasteiger partial charge in [-0.25, -0.2) is 0 Å². The molecule has 8 heteroatoms. The van der Waals surface area contributed by atoms with E-state index in [-0.39, 0.29) is 6.61 Å². The van der Waals surface area contributed by atoms with E-state index in [1.165, 1.54) is 12.3 Å². The molecule has 0 aliphatic carbocycles. The maximum absolute atomic E-state index is 11.4. The lowest BCUT2D eigenvalue weighted by atomic mass is 10.2. The predicted molar refractivity (Wildman–Crippen MR) is 121 cm³/mol. The molecule has 1 heterocycles. The van der Waals surface area contributed by atoms with Crippen LogP contribution in [0.5, 0.6) is 11.5 Å². The van der Waals surface area contributed by atoms with E-state index >= 15 is 0 Å². The minimum absolute atomic E-state index is 0.146. The van der Waals surface area contributed by atoms with Gasteiger partial charge in [-0.05, 0) is 56.7 Å². The third-order valence-corrected chi connectivity index (χ3v) is 6.80. The molecule has 0 aliphatic heterocycles. The molecule has 3 rings (SSSR count). The number of carbonyl (C=O) groups excluding carboxylic acids is 1. The topological polar surface area (TPSA) is 72.2 Å². The average Bonchev–Trinajstić information content (AvgIpc) is 2.74. The van der Waals surface area contributed by atoms with Crippen molar-refractivity contribution in [2.75, 3.05) is 0 Å². The molecule has 0 bridgehead atoms. The Bertz CT molecular complexity index is 1100. The first-order valence-corrected chi connectivity index (χ1v) is 10.6. The molecule has 0 aliphatic rings. The van der Waals surface area contributed by atoms with Gasteiger partial charge in [0.15, 0.2) is 6.29 Å². The number of halogens is 3. The molecule has 0 saturated carbocycles. The first kappa shape index (κ1) is 21.6. The van der Waals surface area contributed by atoms with Crippen LogP contribution in [-0.4, -0.2) is 11.3 Å². The summed E-state index contributed by atoms with van der Waals surface area (Å²) < 4.78 is 13.7. The Kier molecular flexibility index (Phi) is 7.47. The fraction of sp³-hybridized carbons (Fsp3) is 0.0952. The van der Waals surface area contributed by atoms with Gasteiger partial charge in [0.25, 0.3) is 0 Å². The van der Waals surface area contributed by atoms with Gasteiger partial charge < -0.3 is 9.47 Å². The molecular formula is C21H13BrClIN2O3. The van der Waals surface area contributed by atoms with Gasteiger partial charge >= 0.3 is 0 Å². The van der Waals surface area contributed by atoms with Crippen molar-refractivity contribution < 1.29 is 14.3 Å². The fourth-order valence-electron chi connectivity index (χ4n) is 2.48. The van der Waals surface area contributed by atoms with E-state index in [9.17, 15) is 4.79 Å². The summed E-state index contributed by atoms with van der Waals surface area (Å²) in [5, 5.41) is 9.29. The van der Waals surface area contributed by atoms with Crippen LogP contribution in [0.3, 0.4) is 0 Å². The molecule has 5 nitrogen and oxygen atoms in total. The van der Waals surface area contributed by atoms with Crippen molar-refractivity contribution in [1.82, 2.24) is 4.98 Å². The van der Waals surface area contributed by atoms with Crippen molar-refractivity contribution in [3.05, 3.63) is 84.1 Å². The van der Waals surface area contributed by atoms with E-state index in [1.54, 1.807) is 18.3 Å². The van der Waals surface area contributed by atoms with E-state index in [0.717, 1.165) is 13.6 Å². The van der Waals surface area contributed by atoms with Crippen LogP contribution < -0.4 is 9.47 Å². The lowest BCUT2D eigenvalue weighted by Gasteiger charge is -2.14. The number of pyridine rings is 1. The second-order valence-corrected chi connectivity index (χ2v) is 8.28. The molecular weight excluding hydrogens is 571 g/mol. The lowest BCUT2D eigenvalue weighted by Crippen LogP contribution is -2.02. The fourth-order valence-corrected chi connectivity index (χ4v) is 3.64. The highest BCUT2D eigenvalue weighted by Gasteiger charge is 2.13. The summed E-state index contributed by atoms with van der Waals surface area (Å²) in [5.74, 6) is 0.741. The number of aldehydes is 1. The Labute approximate surface area is 194 Å². The van der Waals surface area contributed by atoms with Gasteiger partial charge in [0.05, 0.1) is 16.1 Å². The van der Waals surface area contributed by atoms with Gasteiger partial charge in [-0.1, -0.05) is 23.7 Å². The third kappa shape index (κ3) is 5.47. The molecule has 0 unspecified atom stereocenters. The smallest absolute Gasteiger partial charge is 0.153 e. The molecule has 0 N–H and O–H groups in total. The first-order chi connectivity index (χ1) is 14.0. The van der Waals surface area contributed by atoms with Crippen LogP contribution in [0.1, 0.15) is 27.0 Å². The van der Waals surface area contributed by atoms with Crippen molar-refractivity contribution in [1.29, 1.82) is 5.26 Å². The summed E-state index contributed by atoms with van der Waals surface area (Å²) in [6.45, 7) is 0.442. The Morgan fingerprint density at radius 2 is 1.97 bits per heavy atom. The van der Waals surface area contributed by atoms with Crippen LogP contribution >= 0.6 is 50.1 Å². The quantitative estimate of drug-likeness (QED) is 0.254. The van der Waals surface area contributed by atoms with Gasteiger partial charge in [-0.2, -0.15) is 5.26 Å². The van der Waals surface area contributed by atoms with E-state index in [0.29, 0.717) is 46.1 Å². The second kappa shape index (κ2) is 10.1. The summed E-state index contributed by atoms with van der Waals surface area (Å²) >= 11 is 12.1. The van der Waals surface area contributed by atoms with Crippen molar-refractivity contribution in [2.45, 2.75) is 13.2 Å². The number of nitriles is 1. The van der Waals surface area contributed by atoms with E-state index in [4.69, 9.17) is 26.3 Å². The lowest BCUT2D eigenvalue weighted by molar-refractivity contribution is 0.111. The maximum Gasteiger partial charge on any atom is 0.153 e. The van der Waals surface area contributed by atoms with Crippen LogP contribution in [0.15, 0.2) is 53.3 Å². The van der Waals surface area contributed by atoms with Gasteiger partial charge in [0.2, 0.25) is 0 Å². The molecule has 2 aromatic carbocycles. The Morgan fingerprint density at radius 3 is 2.72 bits per heavy atom. The number of hydrogen-bond donors (Lipinski definition) is 0. The Morgan fingerprint density at radius 1 is 1.17 bits per heavy atom. The molecule has 1 aromatic heterocycles. The Hall–Kier alpha value is -2.15. The zero-order chi connectivity index (χ0) is 20.8. The molecule has 0 radical (unpaired) electrons. The van der Waals surface area contributed by atoms with Crippen molar-refractivity contribution >= 4 is 56.4 Å². The summed E-state index contributed by atoms with van der Waals surface area (Å²) in [6, 6.07) is 12.7. The summed E-state index contributed by atoms with van der Waals surface area (Å²) in [4.78, 5) is 15.4. The molecule has 0 spiro atoms. The highest BCUT2D eigenvalue weighted by molar-refractivity contribution is 14.1. The number of carbonyl (C=O) groups is 1. The zero-order valence-electron chi connectivity index (χ0n) is 14.9. The van der Waals surface area contributed by atoms with Crippen LogP contribution in [0.25, 0.3) is 0 Å². The number of benzene rings is 2. The SMILES string of the molecule is N#Cc1cncc(COc2cc(OCc3cccc(I)c3Br)c(Cl)cc2C=O)c1.